The van der Waals surface area contributed by atoms with Gasteiger partial charge < -0.3 is 4.57 Å². The number of aromatic nitrogens is 2. The van der Waals surface area contributed by atoms with Crippen molar-refractivity contribution in [2.24, 2.45) is 22.3 Å². The van der Waals surface area contributed by atoms with E-state index in [1.807, 2.05) is 67.0 Å². The molecule has 180 valence electrons. The van der Waals surface area contributed by atoms with Crippen LogP contribution in [0.2, 0.25) is 5.02 Å². The Morgan fingerprint density at radius 3 is 2.56 bits per heavy atom. The van der Waals surface area contributed by atoms with E-state index >= 15 is 0 Å². The van der Waals surface area contributed by atoms with E-state index in [1.165, 1.54) is 29.5 Å². The minimum absolute atomic E-state index is 0.105. The van der Waals surface area contributed by atoms with Crippen LogP contribution in [0, 0.1) is 0 Å². The van der Waals surface area contributed by atoms with E-state index in [0.717, 1.165) is 22.1 Å². The molecule has 34 heavy (non-hydrogen) atoms. The third kappa shape index (κ3) is 7.02. The zero-order chi connectivity index (χ0) is 24.3. The summed E-state index contributed by atoms with van der Waals surface area (Å²) in [6.45, 7) is 5.26. The minimum atomic E-state index is 0.105. The Labute approximate surface area is 215 Å². The first-order valence-corrected chi connectivity index (χ1v) is 13.3. The number of hydrogen-bond donors (Lipinski definition) is 2. The minimum Gasteiger partial charge on any atom is -0.339 e. The van der Waals surface area contributed by atoms with Gasteiger partial charge in [0.2, 0.25) is 5.96 Å². The molecular formula is C24H30ClN7S2. The smallest absolute Gasteiger partial charge is 0.225 e. The third-order valence-electron chi connectivity index (χ3n) is 4.90. The lowest BCUT2D eigenvalue weighted by atomic mass is 9.91. The van der Waals surface area contributed by atoms with Crippen LogP contribution in [0.4, 0.5) is 0 Å². The number of aliphatic imine (C=N–C) groups is 1. The molecule has 1 atom stereocenters. The third-order valence-corrected chi connectivity index (χ3v) is 6.27. The van der Waals surface area contributed by atoms with E-state index in [4.69, 9.17) is 26.8 Å². The fourth-order valence-electron chi connectivity index (χ4n) is 3.37. The molecule has 7 nitrogen and oxygen atoms in total. The van der Waals surface area contributed by atoms with Crippen LogP contribution in [-0.2, 0) is 7.05 Å². The first-order valence-electron chi connectivity index (χ1n) is 11.1. The topological polar surface area (TPSA) is 83.8 Å². The van der Waals surface area contributed by atoms with Crippen molar-refractivity contribution in [3.63, 3.8) is 0 Å². The zero-order valence-corrected chi connectivity index (χ0v) is 21.9. The zero-order valence-electron chi connectivity index (χ0n) is 19.6. The second kappa shape index (κ2) is 13.4. The molecule has 4 rings (SSSR count). The van der Waals surface area contributed by atoms with Gasteiger partial charge in [0, 0.05) is 41.9 Å². The summed E-state index contributed by atoms with van der Waals surface area (Å²) >= 11 is 8.81. The lowest BCUT2D eigenvalue weighted by Crippen LogP contribution is -2.34. The van der Waals surface area contributed by atoms with E-state index in [0.29, 0.717) is 24.1 Å². The summed E-state index contributed by atoms with van der Waals surface area (Å²) in [7, 11) is 1.94. The van der Waals surface area contributed by atoms with Crippen LogP contribution in [0.1, 0.15) is 30.9 Å². The van der Waals surface area contributed by atoms with E-state index in [1.54, 1.807) is 6.33 Å². The number of guanidine groups is 1. The van der Waals surface area contributed by atoms with Gasteiger partial charge in [-0.15, -0.1) is 0 Å². The monoisotopic (exact) mass is 515 g/mol. The number of nitrogens with two attached hydrogens (primary N) is 1. The van der Waals surface area contributed by atoms with E-state index in [9.17, 15) is 0 Å². The summed E-state index contributed by atoms with van der Waals surface area (Å²) in [6.07, 6.45) is 3.72. The maximum Gasteiger partial charge on any atom is 0.225 e. The van der Waals surface area contributed by atoms with Gasteiger partial charge in [-0.05, 0) is 23.3 Å². The highest BCUT2D eigenvalue weighted by Crippen LogP contribution is 2.29. The molecule has 0 fully saturated rings. The maximum atomic E-state index is 6.12. The predicted molar refractivity (Wildman–Crippen MR) is 146 cm³/mol. The first-order chi connectivity index (χ1) is 16.6. The number of aryl methyl sites for hydroxylation is 1. The van der Waals surface area contributed by atoms with Gasteiger partial charge in [0.1, 0.15) is 5.03 Å². The van der Waals surface area contributed by atoms with Gasteiger partial charge in [-0.2, -0.15) is 5.10 Å². The van der Waals surface area contributed by atoms with Crippen LogP contribution in [0.25, 0.3) is 0 Å². The van der Waals surface area contributed by atoms with Gasteiger partial charge in [0.25, 0.3) is 0 Å². The average molecular weight is 516 g/mol. The Bertz CT molecular complexity index is 1080. The van der Waals surface area contributed by atoms with Gasteiger partial charge in [0.15, 0.2) is 0 Å². The fraction of sp³-hybridized carbons (Fsp3) is 0.292. The highest BCUT2D eigenvalue weighted by Gasteiger charge is 2.31. The molecular weight excluding hydrogens is 486 g/mol. The van der Waals surface area contributed by atoms with Gasteiger partial charge in [-0.25, -0.2) is 15.0 Å². The molecule has 0 saturated heterocycles. The molecule has 10 heteroatoms. The van der Waals surface area contributed by atoms with E-state index < -0.39 is 0 Å². The number of rotatable bonds is 7. The Hall–Kier alpha value is -2.46. The number of hydrogen-bond acceptors (Lipinski definition) is 6. The van der Waals surface area contributed by atoms with Gasteiger partial charge >= 0.3 is 0 Å². The molecule has 0 spiro atoms. The largest absolute Gasteiger partial charge is 0.339 e. The summed E-state index contributed by atoms with van der Waals surface area (Å²) in [4.78, 5) is 9.10. The second-order valence-corrected chi connectivity index (χ2v) is 9.20. The Kier molecular flexibility index (Phi) is 10.3. The van der Waals surface area contributed by atoms with Crippen LogP contribution in [-0.4, -0.2) is 45.1 Å². The van der Waals surface area contributed by atoms with Gasteiger partial charge in [0.05, 0.1) is 25.1 Å². The van der Waals surface area contributed by atoms with Crippen LogP contribution < -0.4 is 9.86 Å². The van der Waals surface area contributed by atoms with Crippen molar-refractivity contribution in [3.8, 4) is 0 Å². The molecule has 1 aromatic heterocycles. The molecule has 1 aliphatic heterocycles. The normalized spacial score (nSPS) is 15.6. The molecule has 3 N–H and O–H groups in total. The Morgan fingerprint density at radius 1 is 1.18 bits per heavy atom. The summed E-state index contributed by atoms with van der Waals surface area (Å²) < 4.78 is 5.25. The van der Waals surface area contributed by atoms with Crippen molar-refractivity contribution < 1.29 is 0 Å². The van der Waals surface area contributed by atoms with Crippen molar-refractivity contribution in [1.82, 2.24) is 19.3 Å². The predicted octanol–water partition coefficient (Wildman–Crippen LogP) is 5.16. The Morgan fingerprint density at radius 2 is 1.91 bits per heavy atom. The molecule has 3 aromatic rings. The SMILES string of the molecule is CC.Cn1cnc(SNC(=NCCSN)N2CC(c3ccccc3)C(c3ccc(Cl)cc3)=N2)c1. The van der Waals surface area contributed by atoms with Crippen molar-refractivity contribution >= 4 is 47.2 Å². The highest BCUT2D eigenvalue weighted by atomic mass is 35.5. The number of nitrogens with zero attached hydrogens (tertiary/aromatic N) is 5. The van der Waals surface area contributed by atoms with Crippen LogP contribution >= 0.6 is 35.5 Å². The molecule has 0 bridgehead atoms. The second-order valence-electron chi connectivity index (χ2n) is 7.20. The molecule has 0 aliphatic carbocycles. The molecule has 2 aromatic carbocycles. The molecule has 1 unspecified atom stereocenters. The molecule has 0 radical (unpaired) electrons. The van der Waals surface area contributed by atoms with E-state index in [-0.39, 0.29) is 5.92 Å². The van der Waals surface area contributed by atoms with Gasteiger partial charge in [-0.3, -0.25) is 9.86 Å². The number of imidazole rings is 1. The molecule has 1 aliphatic rings. The molecule has 2 heterocycles. The maximum absolute atomic E-state index is 6.12. The van der Waals surface area contributed by atoms with Crippen molar-refractivity contribution in [2.45, 2.75) is 24.8 Å². The van der Waals surface area contributed by atoms with E-state index in [2.05, 4.69) is 34.0 Å². The average Bonchev–Trinajstić information content (AvgIpc) is 3.50. The lowest BCUT2D eigenvalue weighted by molar-refractivity contribution is 0.464. The number of nitrogens with one attached hydrogen (secondary N) is 1. The fourth-order valence-corrected chi connectivity index (χ4v) is 4.38. The van der Waals surface area contributed by atoms with Crippen LogP contribution in [0.5, 0.6) is 0 Å². The summed E-state index contributed by atoms with van der Waals surface area (Å²) in [5.74, 6) is 1.51. The molecule has 0 saturated carbocycles. The Balaban J connectivity index is 0.00000158. The van der Waals surface area contributed by atoms with Crippen LogP contribution in [0.3, 0.4) is 0 Å². The first kappa shape index (κ1) is 26.2. The summed E-state index contributed by atoms with van der Waals surface area (Å²) in [5, 5.41) is 14.1. The molecule has 0 amide bonds. The van der Waals surface area contributed by atoms with Crippen molar-refractivity contribution in [2.75, 3.05) is 18.8 Å². The van der Waals surface area contributed by atoms with Gasteiger partial charge in [-0.1, -0.05) is 79.9 Å². The van der Waals surface area contributed by atoms with Crippen molar-refractivity contribution in [3.05, 3.63) is 83.3 Å². The standard InChI is InChI=1S/C22H24ClN7S2.C2H6/c1-29-14-20(26-15-29)32-28-22(25-11-12-31-24)30-13-19(16-5-3-2-4-6-16)21(27-30)17-7-9-18(23)10-8-17;1-2/h2-10,14-15,19H,11-13,24H2,1H3,(H,25,28);1-2H3. The summed E-state index contributed by atoms with van der Waals surface area (Å²) in [6, 6.07) is 18.2. The summed E-state index contributed by atoms with van der Waals surface area (Å²) in [5.41, 5.74) is 3.23. The lowest BCUT2D eigenvalue weighted by Gasteiger charge is -2.19. The van der Waals surface area contributed by atoms with Crippen molar-refractivity contribution in [1.29, 1.82) is 0 Å². The number of hydrazone groups is 1. The highest BCUT2D eigenvalue weighted by molar-refractivity contribution is 7.97. The number of halogens is 1. The van der Waals surface area contributed by atoms with Crippen LogP contribution in [0.15, 0.2) is 82.2 Å². The quantitative estimate of drug-likeness (QED) is 0.195. The number of benzene rings is 2.